The number of anilines is 2. The van der Waals surface area contributed by atoms with Crippen LogP contribution in [0.3, 0.4) is 0 Å². The van der Waals surface area contributed by atoms with Crippen LogP contribution in [0.1, 0.15) is 25.2 Å². The first-order valence-electron chi connectivity index (χ1n) is 9.19. The first-order valence-corrected chi connectivity index (χ1v) is 9.19. The van der Waals surface area contributed by atoms with Gasteiger partial charge in [-0.15, -0.1) is 0 Å². The fraction of sp³-hybridized carbons (Fsp3) is 0.150. The lowest BCUT2D eigenvalue weighted by atomic mass is 10.3. The SMILES string of the molecule is CC.N#Cc1c(N)ncnc1NCc1nc2cc(F)c(F)cc2n1-c1cncc(F)c1. The highest BCUT2D eigenvalue weighted by molar-refractivity contribution is 5.78. The van der Waals surface area contributed by atoms with Gasteiger partial charge in [-0.2, -0.15) is 5.26 Å². The molecule has 0 spiro atoms. The van der Waals surface area contributed by atoms with Crippen molar-refractivity contribution in [3.8, 4) is 11.8 Å². The number of hydrogen-bond donors (Lipinski definition) is 2. The van der Waals surface area contributed by atoms with Crippen LogP contribution in [0.15, 0.2) is 36.9 Å². The Morgan fingerprint density at radius 1 is 1.10 bits per heavy atom. The summed E-state index contributed by atoms with van der Waals surface area (Å²) in [6, 6.07) is 4.99. The van der Waals surface area contributed by atoms with Crippen molar-refractivity contribution in [2.24, 2.45) is 0 Å². The zero-order valence-corrected chi connectivity index (χ0v) is 16.6. The first-order chi connectivity index (χ1) is 15.0. The van der Waals surface area contributed by atoms with Gasteiger partial charge in [0.1, 0.15) is 41.2 Å². The second-order valence-electron chi connectivity index (χ2n) is 5.93. The normalized spacial score (nSPS) is 10.3. The van der Waals surface area contributed by atoms with Gasteiger partial charge in [0.05, 0.1) is 35.7 Å². The maximum atomic E-state index is 13.8. The van der Waals surface area contributed by atoms with Gasteiger partial charge in [-0.05, 0) is 0 Å². The molecule has 1 aromatic carbocycles. The summed E-state index contributed by atoms with van der Waals surface area (Å²) in [5, 5.41) is 12.1. The van der Waals surface area contributed by atoms with Crippen LogP contribution in [0.5, 0.6) is 0 Å². The molecular formula is C20H17F3N8. The van der Waals surface area contributed by atoms with E-state index in [0.717, 1.165) is 18.3 Å². The predicted octanol–water partition coefficient (Wildman–Crippen LogP) is 3.72. The summed E-state index contributed by atoms with van der Waals surface area (Å²) in [4.78, 5) is 15.8. The van der Waals surface area contributed by atoms with Gasteiger partial charge in [-0.3, -0.25) is 9.55 Å². The van der Waals surface area contributed by atoms with Crippen molar-refractivity contribution < 1.29 is 13.2 Å². The van der Waals surface area contributed by atoms with E-state index in [1.54, 1.807) is 0 Å². The average Bonchev–Trinajstić information content (AvgIpc) is 3.11. The second-order valence-corrected chi connectivity index (χ2v) is 5.93. The standard InChI is InChI=1S/C18H11F3N8.C2H6/c19-9-1-10(6-24-5-9)29-15-3-13(21)12(20)2-14(15)28-16(29)7-25-18-11(4-22)17(23)26-8-27-18;1-2/h1-3,5-6,8H,7H2,(H3,23,25,26,27);1-2H3. The number of nitrogen functional groups attached to an aromatic ring is 1. The van der Waals surface area contributed by atoms with Gasteiger partial charge in [-0.25, -0.2) is 28.1 Å². The molecule has 0 fully saturated rings. The van der Waals surface area contributed by atoms with Crippen LogP contribution < -0.4 is 11.1 Å². The van der Waals surface area contributed by atoms with Crippen LogP contribution in [0.2, 0.25) is 0 Å². The molecule has 3 aromatic heterocycles. The summed E-state index contributed by atoms with van der Waals surface area (Å²) in [6.07, 6.45) is 3.56. The van der Waals surface area contributed by atoms with Crippen molar-refractivity contribution in [1.82, 2.24) is 24.5 Å². The van der Waals surface area contributed by atoms with Crippen molar-refractivity contribution >= 4 is 22.7 Å². The number of imidazole rings is 1. The van der Waals surface area contributed by atoms with E-state index in [1.165, 1.54) is 23.2 Å². The minimum absolute atomic E-state index is 0.00280. The molecule has 8 nitrogen and oxygen atoms in total. The van der Waals surface area contributed by atoms with Crippen molar-refractivity contribution in [2.75, 3.05) is 11.1 Å². The third kappa shape index (κ3) is 4.23. The van der Waals surface area contributed by atoms with E-state index in [4.69, 9.17) is 5.73 Å². The Bertz CT molecular complexity index is 1280. The molecule has 0 aliphatic heterocycles. The van der Waals surface area contributed by atoms with Gasteiger partial charge in [-0.1, -0.05) is 13.8 Å². The molecule has 0 aliphatic rings. The van der Waals surface area contributed by atoms with E-state index >= 15 is 0 Å². The fourth-order valence-corrected chi connectivity index (χ4v) is 2.86. The summed E-state index contributed by atoms with van der Waals surface area (Å²) in [5.74, 6) is -2.31. The molecule has 0 atom stereocenters. The maximum Gasteiger partial charge on any atom is 0.161 e. The third-order valence-electron chi connectivity index (χ3n) is 4.12. The molecule has 4 rings (SSSR count). The molecule has 0 aliphatic carbocycles. The number of hydrogen-bond acceptors (Lipinski definition) is 7. The summed E-state index contributed by atoms with van der Waals surface area (Å²) in [6.45, 7) is 3.99. The van der Waals surface area contributed by atoms with Gasteiger partial charge in [0.15, 0.2) is 11.6 Å². The zero-order chi connectivity index (χ0) is 22.5. The molecule has 4 aromatic rings. The largest absolute Gasteiger partial charge is 0.382 e. The summed E-state index contributed by atoms with van der Waals surface area (Å²) in [5.41, 5.74) is 6.35. The number of benzene rings is 1. The van der Waals surface area contributed by atoms with E-state index in [9.17, 15) is 18.4 Å². The molecule has 0 radical (unpaired) electrons. The Kier molecular flexibility index (Phi) is 6.30. The minimum Gasteiger partial charge on any atom is -0.382 e. The van der Waals surface area contributed by atoms with Crippen molar-refractivity contribution in [1.29, 1.82) is 5.26 Å². The molecule has 158 valence electrons. The van der Waals surface area contributed by atoms with Gasteiger partial charge in [0.25, 0.3) is 0 Å². The van der Waals surface area contributed by atoms with Crippen LogP contribution in [-0.2, 0) is 6.54 Å². The van der Waals surface area contributed by atoms with Crippen molar-refractivity contribution in [2.45, 2.75) is 20.4 Å². The Morgan fingerprint density at radius 2 is 1.84 bits per heavy atom. The number of nitriles is 1. The Balaban J connectivity index is 0.00000132. The van der Waals surface area contributed by atoms with Crippen molar-refractivity contribution in [3.05, 3.63) is 65.8 Å². The number of nitrogens with zero attached hydrogens (tertiary/aromatic N) is 6. The Hall–Kier alpha value is -4.20. The fourth-order valence-electron chi connectivity index (χ4n) is 2.86. The molecular weight excluding hydrogens is 409 g/mol. The summed E-state index contributed by atoms with van der Waals surface area (Å²) >= 11 is 0. The van der Waals surface area contributed by atoms with Crippen LogP contribution in [0, 0.1) is 28.8 Å². The van der Waals surface area contributed by atoms with Crippen LogP contribution in [0.25, 0.3) is 16.7 Å². The van der Waals surface area contributed by atoms with E-state index in [1.807, 2.05) is 19.9 Å². The van der Waals surface area contributed by atoms with E-state index < -0.39 is 17.5 Å². The molecule has 0 unspecified atom stereocenters. The molecule has 0 saturated carbocycles. The smallest absolute Gasteiger partial charge is 0.161 e. The molecule has 0 bridgehead atoms. The average molecular weight is 426 g/mol. The highest BCUT2D eigenvalue weighted by Gasteiger charge is 2.17. The van der Waals surface area contributed by atoms with Gasteiger partial charge >= 0.3 is 0 Å². The quantitative estimate of drug-likeness (QED) is 0.510. The Morgan fingerprint density at radius 3 is 2.55 bits per heavy atom. The lowest BCUT2D eigenvalue weighted by molar-refractivity contribution is 0.510. The minimum atomic E-state index is -1.07. The Labute approximate surface area is 175 Å². The van der Waals surface area contributed by atoms with Gasteiger partial charge < -0.3 is 11.1 Å². The van der Waals surface area contributed by atoms with Crippen LogP contribution >= 0.6 is 0 Å². The monoisotopic (exact) mass is 426 g/mol. The van der Waals surface area contributed by atoms with Crippen LogP contribution in [0.4, 0.5) is 24.8 Å². The second kappa shape index (κ2) is 9.08. The molecule has 11 heteroatoms. The highest BCUT2D eigenvalue weighted by atomic mass is 19.2. The summed E-state index contributed by atoms with van der Waals surface area (Å²) < 4.78 is 42.7. The van der Waals surface area contributed by atoms with Gasteiger partial charge in [0, 0.05) is 18.2 Å². The number of aromatic nitrogens is 5. The number of nitrogens with one attached hydrogen (secondary N) is 1. The molecule has 0 amide bonds. The number of pyridine rings is 1. The lowest BCUT2D eigenvalue weighted by Gasteiger charge is -2.11. The zero-order valence-electron chi connectivity index (χ0n) is 16.6. The predicted molar refractivity (Wildman–Crippen MR) is 109 cm³/mol. The third-order valence-corrected chi connectivity index (χ3v) is 4.12. The van der Waals surface area contributed by atoms with Crippen molar-refractivity contribution in [3.63, 3.8) is 0 Å². The maximum absolute atomic E-state index is 13.8. The number of fused-ring (bicyclic) bond motifs is 1. The number of nitrogens with two attached hydrogens (primary N) is 1. The summed E-state index contributed by atoms with van der Waals surface area (Å²) in [7, 11) is 0. The van der Waals surface area contributed by atoms with E-state index in [2.05, 4.69) is 25.3 Å². The highest BCUT2D eigenvalue weighted by Crippen LogP contribution is 2.25. The molecule has 31 heavy (non-hydrogen) atoms. The first kappa shape index (κ1) is 21.5. The van der Waals surface area contributed by atoms with E-state index in [-0.39, 0.29) is 46.3 Å². The topological polar surface area (TPSA) is 118 Å². The number of halogens is 3. The lowest BCUT2D eigenvalue weighted by Crippen LogP contribution is -2.11. The van der Waals surface area contributed by atoms with Crippen LogP contribution in [-0.4, -0.2) is 24.5 Å². The molecule has 3 N–H and O–H groups in total. The molecule has 0 saturated heterocycles. The number of rotatable bonds is 4. The molecule has 3 heterocycles. The van der Waals surface area contributed by atoms with Gasteiger partial charge in [0.2, 0.25) is 0 Å². The van der Waals surface area contributed by atoms with E-state index in [0.29, 0.717) is 0 Å².